The number of phenols is 1. The standard InChI is InChI=1S/C26H21N3O6/c1-12-26(35-13(2)30)18(28-29-27)11-19(34-12)20-14-7-3-4-8-15(14)21-22(25(20)33)24(32)17-10-6-5-9-16(17)23(21)31/h3-10,12,18-19,26,33H,11H2,1-2H3. The van der Waals surface area contributed by atoms with Crippen molar-refractivity contribution in [2.45, 2.75) is 44.6 Å². The molecule has 176 valence electrons. The fourth-order valence-electron chi connectivity index (χ4n) is 5.17. The van der Waals surface area contributed by atoms with E-state index < -0.39 is 36.1 Å². The minimum absolute atomic E-state index is 0.0684. The molecule has 1 aliphatic heterocycles. The molecular weight excluding hydrogens is 450 g/mol. The first-order chi connectivity index (χ1) is 16.8. The molecule has 1 fully saturated rings. The fraction of sp³-hybridized carbons (Fsp3) is 0.269. The first kappa shape index (κ1) is 22.6. The molecule has 3 aromatic carbocycles. The number of carbonyl (C=O) groups excluding carboxylic acids is 3. The van der Waals surface area contributed by atoms with Gasteiger partial charge in [0.2, 0.25) is 0 Å². The predicted octanol–water partition coefficient (Wildman–Crippen LogP) is 4.78. The molecule has 1 saturated heterocycles. The molecule has 2 aliphatic rings. The van der Waals surface area contributed by atoms with Crippen LogP contribution in [0.15, 0.2) is 53.6 Å². The summed E-state index contributed by atoms with van der Waals surface area (Å²) in [5.74, 6) is -1.66. The highest BCUT2D eigenvalue weighted by Crippen LogP contribution is 2.47. The van der Waals surface area contributed by atoms with Crippen molar-refractivity contribution in [2.75, 3.05) is 0 Å². The molecule has 0 spiro atoms. The average Bonchev–Trinajstić information content (AvgIpc) is 2.84. The second-order valence-electron chi connectivity index (χ2n) is 8.67. The van der Waals surface area contributed by atoms with Crippen LogP contribution in [-0.2, 0) is 14.3 Å². The van der Waals surface area contributed by atoms with Crippen molar-refractivity contribution in [1.82, 2.24) is 0 Å². The van der Waals surface area contributed by atoms with E-state index in [1.165, 1.54) is 6.92 Å². The Morgan fingerprint density at radius 3 is 2.29 bits per heavy atom. The van der Waals surface area contributed by atoms with E-state index in [9.17, 15) is 19.5 Å². The number of carbonyl (C=O) groups is 3. The van der Waals surface area contributed by atoms with Gasteiger partial charge in [-0.05, 0) is 29.6 Å². The van der Waals surface area contributed by atoms with Crippen LogP contribution in [0.3, 0.4) is 0 Å². The molecule has 0 amide bonds. The normalized spacial score (nSPS) is 23.3. The summed E-state index contributed by atoms with van der Waals surface area (Å²) >= 11 is 0. The van der Waals surface area contributed by atoms with Gasteiger partial charge >= 0.3 is 5.97 Å². The van der Waals surface area contributed by atoms with Crippen LogP contribution in [-0.4, -0.2) is 40.9 Å². The van der Waals surface area contributed by atoms with E-state index in [1.54, 1.807) is 55.5 Å². The lowest BCUT2D eigenvalue weighted by molar-refractivity contribution is -0.171. The Morgan fingerprint density at radius 1 is 1.06 bits per heavy atom. The Bertz CT molecular complexity index is 1460. The average molecular weight is 471 g/mol. The van der Waals surface area contributed by atoms with Gasteiger partial charge in [-0.2, -0.15) is 0 Å². The summed E-state index contributed by atoms with van der Waals surface area (Å²) in [6.45, 7) is 2.94. The SMILES string of the molecule is CC(=O)OC1C(N=[N+]=[N-])CC(c2c(O)c3c(c4ccccc24)C(=O)c2ccccc2C3=O)OC1C. The third-order valence-electron chi connectivity index (χ3n) is 6.60. The number of fused-ring (bicyclic) bond motifs is 4. The van der Waals surface area contributed by atoms with Gasteiger partial charge < -0.3 is 14.6 Å². The number of nitrogens with zero attached hydrogens (tertiary/aromatic N) is 3. The smallest absolute Gasteiger partial charge is 0.303 e. The first-order valence-electron chi connectivity index (χ1n) is 11.2. The van der Waals surface area contributed by atoms with Gasteiger partial charge in [0.15, 0.2) is 11.6 Å². The van der Waals surface area contributed by atoms with Crippen LogP contribution < -0.4 is 0 Å². The van der Waals surface area contributed by atoms with Gasteiger partial charge in [-0.15, -0.1) is 0 Å². The maximum Gasteiger partial charge on any atom is 0.303 e. The highest BCUT2D eigenvalue weighted by atomic mass is 16.6. The Labute approximate surface area is 199 Å². The fourth-order valence-corrected chi connectivity index (χ4v) is 5.17. The van der Waals surface area contributed by atoms with Crippen molar-refractivity contribution in [3.8, 4) is 5.75 Å². The molecule has 35 heavy (non-hydrogen) atoms. The van der Waals surface area contributed by atoms with Crippen molar-refractivity contribution in [3.63, 3.8) is 0 Å². The minimum atomic E-state index is -0.805. The molecule has 1 aliphatic carbocycles. The molecule has 4 unspecified atom stereocenters. The molecule has 4 atom stereocenters. The molecule has 0 radical (unpaired) electrons. The number of phenolic OH excluding ortho intramolecular Hbond substituents is 1. The Balaban J connectivity index is 1.71. The molecule has 1 heterocycles. The van der Waals surface area contributed by atoms with Crippen molar-refractivity contribution in [1.29, 1.82) is 0 Å². The van der Waals surface area contributed by atoms with Crippen LogP contribution in [0.4, 0.5) is 0 Å². The number of esters is 1. The van der Waals surface area contributed by atoms with Gasteiger partial charge in [-0.25, -0.2) is 0 Å². The number of hydrogen-bond acceptors (Lipinski definition) is 7. The van der Waals surface area contributed by atoms with Gasteiger partial charge in [0.25, 0.3) is 0 Å². The molecule has 3 aromatic rings. The first-order valence-corrected chi connectivity index (χ1v) is 11.2. The van der Waals surface area contributed by atoms with Crippen molar-refractivity contribution in [3.05, 3.63) is 86.8 Å². The second-order valence-corrected chi connectivity index (χ2v) is 8.67. The summed E-state index contributed by atoms with van der Waals surface area (Å²) in [5.41, 5.74) is 10.0. The van der Waals surface area contributed by atoms with Crippen LogP contribution in [0.5, 0.6) is 5.75 Å². The third kappa shape index (κ3) is 3.53. The highest BCUT2D eigenvalue weighted by molar-refractivity contribution is 6.33. The van der Waals surface area contributed by atoms with Gasteiger partial charge in [0.1, 0.15) is 11.9 Å². The highest BCUT2D eigenvalue weighted by Gasteiger charge is 2.42. The second kappa shape index (κ2) is 8.54. The molecule has 5 rings (SSSR count). The topological polar surface area (TPSA) is 139 Å². The maximum atomic E-state index is 13.5. The Hall–Kier alpha value is -4.20. The van der Waals surface area contributed by atoms with Crippen LogP contribution in [0.25, 0.3) is 21.2 Å². The Kier molecular flexibility index (Phi) is 5.51. The number of azide groups is 1. The van der Waals surface area contributed by atoms with Crippen molar-refractivity contribution in [2.24, 2.45) is 5.11 Å². The lowest BCUT2D eigenvalue weighted by Crippen LogP contribution is -2.45. The zero-order valence-corrected chi connectivity index (χ0v) is 19.0. The number of hydrogen-bond donors (Lipinski definition) is 1. The number of benzene rings is 3. The molecule has 0 bridgehead atoms. The monoisotopic (exact) mass is 471 g/mol. The van der Waals surface area contributed by atoms with Crippen LogP contribution in [0, 0.1) is 0 Å². The molecule has 1 N–H and O–H groups in total. The minimum Gasteiger partial charge on any atom is -0.507 e. The molecule has 9 nitrogen and oxygen atoms in total. The number of ketones is 2. The quantitative estimate of drug-likeness (QED) is 0.197. The van der Waals surface area contributed by atoms with E-state index in [2.05, 4.69) is 10.0 Å². The molecular formula is C26H21N3O6. The summed E-state index contributed by atoms with van der Waals surface area (Å²) < 4.78 is 11.5. The summed E-state index contributed by atoms with van der Waals surface area (Å²) in [7, 11) is 0. The van der Waals surface area contributed by atoms with Gasteiger partial charge in [0.05, 0.1) is 23.8 Å². The van der Waals surface area contributed by atoms with E-state index in [0.29, 0.717) is 16.3 Å². The summed E-state index contributed by atoms with van der Waals surface area (Å²) in [6.07, 6.45) is -2.16. The van der Waals surface area contributed by atoms with Crippen LogP contribution in [0.1, 0.15) is 63.8 Å². The molecule has 0 aromatic heterocycles. The maximum absolute atomic E-state index is 13.5. The van der Waals surface area contributed by atoms with Crippen LogP contribution >= 0.6 is 0 Å². The summed E-state index contributed by atoms with van der Waals surface area (Å²) in [4.78, 5) is 41.4. The van der Waals surface area contributed by atoms with Crippen LogP contribution in [0.2, 0.25) is 0 Å². The van der Waals surface area contributed by atoms with E-state index in [4.69, 9.17) is 15.0 Å². The zero-order valence-electron chi connectivity index (χ0n) is 19.0. The predicted molar refractivity (Wildman–Crippen MR) is 125 cm³/mol. The van der Waals surface area contributed by atoms with E-state index in [1.807, 2.05) is 0 Å². The molecule has 9 heteroatoms. The number of ether oxygens (including phenoxy) is 2. The van der Waals surface area contributed by atoms with Crippen molar-refractivity contribution < 1.29 is 29.0 Å². The lowest BCUT2D eigenvalue weighted by atomic mass is 9.78. The van der Waals surface area contributed by atoms with E-state index in [-0.39, 0.29) is 40.2 Å². The van der Waals surface area contributed by atoms with Gasteiger partial charge in [-0.1, -0.05) is 53.6 Å². The largest absolute Gasteiger partial charge is 0.507 e. The van der Waals surface area contributed by atoms with Crippen molar-refractivity contribution >= 4 is 28.3 Å². The summed E-state index contributed by atoms with van der Waals surface area (Å²) in [6, 6.07) is 12.8. The number of aromatic hydroxyl groups is 1. The van der Waals surface area contributed by atoms with E-state index >= 15 is 0 Å². The summed E-state index contributed by atoms with van der Waals surface area (Å²) in [5, 5.41) is 16.4. The Morgan fingerprint density at radius 2 is 1.66 bits per heavy atom. The van der Waals surface area contributed by atoms with E-state index in [0.717, 1.165) is 0 Å². The third-order valence-corrected chi connectivity index (χ3v) is 6.60. The van der Waals surface area contributed by atoms with Gasteiger partial charge in [0, 0.05) is 34.1 Å². The lowest BCUT2D eigenvalue weighted by Gasteiger charge is -2.39. The zero-order chi connectivity index (χ0) is 24.9. The molecule has 0 saturated carbocycles. The number of rotatable bonds is 3. The van der Waals surface area contributed by atoms with Gasteiger partial charge in [-0.3, -0.25) is 14.4 Å².